The fraction of sp³-hybridized carbons (Fsp3) is 0.538. The third-order valence-corrected chi connectivity index (χ3v) is 3.68. The van der Waals surface area contributed by atoms with Crippen LogP contribution in [0.4, 0.5) is 11.4 Å². The van der Waals surface area contributed by atoms with E-state index < -0.39 is 4.92 Å². The average Bonchev–Trinajstić information content (AvgIpc) is 2.80. The highest BCUT2D eigenvalue weighted by Gasteiger charge is 2.24. The average molecular weight is 264 g/mol. The quantitative estimate of drug-likeness (QED) is 0.504. The maximum absolute atomic E-state index is 10.9. The molecule has 0 radical (unpaired) electrons. The summed E-state index contributed by atoms with van der Waals surface area (Å²) in [6.07, 6.45) is 1.14. The molecule has 1 aromatic rings. The van der Waals surface area contributed by atoms with Gasteiger partial charge in [-0.1, -0.05) is 6.07 Å². The maximum Gasteiger partial charge on any atom is 0.292 e. The molecule has 19 heavy (non-hydrogen) atoms. The Morgan fingerprint density at radius 3 is 2.84 bits per heavy atom. The molecule has 104 valence electrons. The number of likely N-dealkylation sites (tertiary alicyclic amines) is 1. The standard InChI is InChI=1S/C13H20N4O2/c1-15(2)11-5-6-16(9-11)8-10-3-4-12(14)13(7-10)17(18)19/h3-4,7,11H,5-6,8-9,14H2,1-2H3. The van der Waals surface area contributed by atoms with Gasteiger partial charge in [-0.05, 0) is 32.1 Å². The topological polar surface area (TPSA) is 75.6 Å². The van der Waals surface area contributed by atoms with Crippen molar-refractivity contribution in [2.24, 2.45) is 0 Å². The van der Waals surface area contributed by atoms with E-state index in [9.17, 15) is 10.1 Å². The molecule has 6 heteroatoms. The molecule has 0 aromatic heterocycles. The molecule has 1 fully saturated rings. The zero-order valence-electron chi connectivity index (χ0n) is 11.4. The summed E-state index contributed by atoms with van der Waals surface area (Å²) in [4.78, 5) is 15.0. The van der Waals surface area contributed by atoms with Crippen molar-refractivity contribution in [1.82, 2.24) is 9.80 Å². The number of hydrogen-bond acceptors (Lipinski definition) is 5. The summed E-state index contributed by atoms with van der Waals surface area (Å²) in [6.45, 7) is 2.78. The second-order valence-corrected chi connectivity index (χ2v) is 5.29. The van der Waals surface area contributed by atoms with E-state index in [2.05, 4.69) is 23.9 Å². The summed E-state index contributed by atoms with van der Waals surface area (Å²) < 4.78 is 0. The number of hydrogen-bond donors (Lipinski definition) is 1. The lowest BCUT2D eigenvalue weighted by Crippen LogP contribution is -2.31. The van der Waals surface area contributed by atoms with Gasteiger partial charge in [0.1, 0.15) is 5.69 Å². The lowest BCUT2D eigenvalue weighted by molar-refractivity contribution is -0.384. The molecule has 1 unspecified atom stereocenters. The zero-order valence-corrected chi connectivity index (χ0v) is 11.4. The summed E-state index contributed by atoms with van der Waals surface area (Å²) in [5.74, 6) is 0. The number of rotatable bonds is 4. The van der Waals surface area contributed by atoms with Crippen LogP contribution in [0.15, 0.2) is 18.2 Å². The van der Waals surface area contributed by atoms with Crippen molar-refractivity contribution in [3.8, 4) is 0 Å². The molecule has 6 nitrogen and oxygen atoms in total. The van der Waals surface area contributed by atoms with E-state index in [1.54, 1.807) is 12.1 Å². The predicted octanol–water partition coefficient (Wildman–Crippen LogP) is 1.31. The minimum absolute atomic E-state index is 0.000793. The Kier molecular flexibility index (Phi) is 4.01. The SMILES string of the molecule is CN(C)C1CCN(Cc2ccc(N)c([N+](=O)[O-])c2)C1. The van der Waals surface area contributed by atoms with Crippen LogP contribution in [-0.2, 0) is 6.54 Å². The highest BCUT2D eigenvalue weighted by Crippen LogP contribution is 2.24. The van der Waals surface area contributed by atoms with Crippen molar-refractivity contribution >= 4 is 11.4 Å². The maximum atomic E-state index is 10.9. The Morgan fingerprint density at radius 2 is 2.26 bits per heavy atom. The van der Waals surface area contributed by atoms with Crippen molar-refractivity contribution in [1.29, 1.82) is 0 Å². The van der Waals surface area contributed by atoms with E-state index in [4.69, 9.17) is 5.73 Å². The first-order valence-corrected chi connectivity index (χ1v) is 6.39. The monoisotopic (exact) mass is 264 g/mol. The zero-order chi connectivity index (χ0) is 14.0. The number of nitro benzene ring substituents is 1. The molecule has 1 aromatic carbocycles. The summed E-state index contributed by atoms with van der Waals surface area (Å²) in [5.41, 5.74) is 6.77. The summed E-state index contributed by atoms with van der Waals surface area (Å²) in [6, 6.07) is 5.64. The van der Waals surface area contributed by atoms with Gasteiger partial charge in [-0.3, -0.25) is 15.0 Å². The molecule has 0 amide bonds. The first kappa shape index (κ1) is 13.8. The normalized spacial score (nSPS) is 20.1. The van der Waals surface area contributed by atoms with Gasteiger partial charge >= 0.3 is 0 Å². The van der Waals surface area contributed by atoms with Crippen LogP contribution in [0.3, 0.4) is 0 Å². The van der Waals surface area contributed by atoms with E-state index in [0.29, 0.717) is 6.04 Å². The van der Waals surface area contributed by atoms with Crippen LogP contribution in [0.25, 0.3) is 0 Å². The lowest BCUT2D eigenvalue weighted by Gasteiger charge is -2.20. The molecule has 0 saturated carbocycles. The van der Waals surface area contributed by atoms with Crippen LogP contribution in [0.2, 0.25) is 0 Å². The van der Waals surface area contributed by atoms with Gasteiger partial charge in [0.25, 0.3) is 5.69 Å². The van der Waals surface area contributed by atoms with Crippen LogP contribution < -0.4 is 5.73 Å². The first-order valence-electron chi connectivity index (χ1n) is 6.39. The number of likely N-dealkylation sites (N-methyl/N-ethyl adjacent to an activating group) is 1. The Balaban J connectivity index is 2.04. The molecule has 0 bridgehead atoms. The van der Waals surface area contributed by atoms with Crippen LogP contribution in [0, 0.1) is 10.1 Å². The third kappa shape index (κ3) is 3.21. The second kappa shape index (κ2) is 5.54. The first-order chi connectivity index (χ1) is 8.97. The van der Waals surface area contributed by atoms with Crippen LogP contribution in [0.5, 0.6) is 0 Å². The minimum atomic E-state index is -0.425. The Labute approximate surface area is 112 Å². The second-order valence-electron chi connectivity index (χ2n) is 5.29. The fourth-order valence-electron chi connectivity index (χ4n) is 2.48. The van der Waals surface area contributed by atoms with Gasteiger partial charge in [0.05, 0.1) is 4.92 Å². The number of nitro groups is 1. The van der Waals surface area contributed by atoms with Gasteiger partial charge in [-0.2, -0.15) is 0 Å². The molecule has 1 aliphatic rings. The fourth-order valence-corrected chi connectivity index (χ4v) is 2.48. The lowest BCUT2D eigenvalue weighted by atomic mass is 10.1. The van der Waals surface area contributed by atoms with Gasteiger partial charge in [0.2, 0.25) is 0 Å². The molecule has 2 rings (SSSR count). The van der Waals surface area contributed by atoms with E-state index in [1.165, 1.54) is 0 Å². The van der Waals surface area contributed by atoms with Gasteiger partial charge in [0, 0.05) is 31.7 Å². The number of nitrogen functional groups attached to an aromatic ring is 1. The molecular weight excluding hydrogens is 244 g/mol. The van der Waals surface area contributed by atoms with Crippen molar-refractivity contribution in [3.05, 3.63) is 33.9 Å². The minimum Gasteiger partial charge on any atom is -0.393 e. The highest BCUT2D eigenvalue weighted by molar-refractivity contribution is 5.59. The molecule has 1 heterocycles. The summed E-state index contributed by atoms with van der Waals surface area (Å²) in [7, 11) is 4.17. The highest BCUT2D eigenvalue weighted by atomic mass is 16.6. The molecular formula is C13H20N4O2. The molecule has 2 N–H and O–H groups in total. The van der Waals surface area contributed by atoms with Crippen LogP contribution in [0.1, 0.15) is 12.0 Å². The van der Waals surface area contributed by atoms with E-state index in [1.807, 2.05) is 6.07 Å². The van der Waals surface area contributed by atoms with Gasteiger partial charge < -0.3 is 10.6 Å². The summed E-state index contributed by atoms with van der Waals surface area (Å²) >= 11 is 0. The Bertz CT molecular complexity index is 476. The van der Waals surface area contributed by atoms with Crippen molar-refractivity contribution in [2.75, 3.05) is 32.9 Å². The molecule has 1 aliphatic heterocycles. The largest absolute Gasteiger partial charge is 0.393 e. The van der Waals surface area contributed by atoms with E-state index in [-0.39, 0.29) is 11.4 Å². The van der Waals surface area contributed by atoms with Crippen molar-refractivity contribution in [2.45, 2.75) is 19.0 Å². The predicted molar refractivity (Wildman–Crippen MR) is 74.9 cm³/mol. The number of benzene rings is 1. The van der Waals surface area contributed by atoms with Gasteiger partial charge in [-0.15, -0.1) is 0 Å². The van der Waals surface area contributed by atoms with Crippen molar-refractivity contribution in [3.63, 3.8) is 0 Å². The Hall–Kier alpha value is -1.66. The Morgan fingerprint density at radius 1 is 1.53 bits per heavy atom. The molecule has 1 saturated heterocycles. The number of nitrogens with zero attached hydrogens (tertiary/aromatic N) is 3. The number of anilines is 1. The van der Waals surface area contributed by atoms with E-state index in [0.717, 1.165) is 31.6 Å². The summed E-state index contributed by atoms with van der Waals surface area (Å²) in [5, 5.41) is 10.9. The molecule has 1 atom stereocenters. The van der Waals surface area contributed by atoms with Gasteiger partial charge in [0.15, 0.2) is 0 Å². The van der Waals surface area contributed by atoms with E-state index >= 15 is 0 Å². The molecule has 0 aliphatic carbocycles. The van der Waals surface area contributed by atoms with Crippen molar-refractivity contribution < 1.29 is 4.92 Å². The smallest absolute Gasteiger partial charge is 0.292 e. The van der Waals surface area contributed by atoms with Crippen LogP contribution in [-0.4, -0.2) is 47.9 Å². The number of nitrogens with two attached hydrogens (primary N) is 1. The molecule has 0 spiro atoms. The van der Waals surface area contributed by atoms with Gasteiger partial charge in [-0.25, -0.2) is 0 Å². The van der Waals surface area contributed by atoms with Crippen LogP contribution >= 0.6 is 0 Å². The third-order valence-electron chi connectivity index (χ3n) is 3.68.